The van der Waals surface area contributed by atoms with E-state index in [1.165, 1.54) is 6.26 Å². The molecule has 0 radical (unpaired) electrons. The molecule has 1 aromatic heterocycles. The number of amides is 1. The van der Waals surface area contributed by atoms with Crippen LogP contribution in [0.15, 0.2) is 46.6 Å². The predicted molar refractivity (Wildman–Crippen MR) is 139 cm³/mol. The molecular formula is C30H37NO8. The summed E-state index contributed by atoms with van der Waals surface area (Å²) < 4.78 is 10.3. The molecule has 0 aliphatic heterocycles. The number of carbonyl (C=O) groups is 4. The van der Waals surface area contributed by atoms with Crippen molar-refractivity contribution in [2.45, 2.75) is 77.0 Å². The van der Waals surface area contributed by atoms with E-state index in [0.717, 1.165) is 18.4 Å². The largest absolute Gasteiger partial charge is 0.467 e. The van der Waals surface area contributed by atoms with Gasteiger partial charge in [0.05, 0.1) is 25.3 Å². The van der Waals surface area contributed by atoms with Crippen molar-refractivity contribution in [3.05, 3.63) is 48.0 Å². The quantitative estimate of drug-likeness (QED) is 0.428. The van der Waals surface area contributed by atoms with E-state index in [0.29, 0.717) is 12.2 Å². The van der Waals surface area contributed by atoms with Gasteiger partial charge in [0.25, 0.3) is 0 Å². The molecule has 39 heavy (non-hydrogen) atoms. The summed E-state index contributed by atoms with van der Waals surface area (Å²) in [4.78, 5) is 49.6. The monoisotopic (exact) mass is 539 g/mol. The molecule has 3 saturated carbocycles. The number of hydrogen-bond donors (Lipinski definition) is 3. The van der Waals surface area contributed by atoms with Gasteiger partial charge in [-0.05, 0) is 68.2 Å². The Balaban J connectivity index is 1.19. The molecule has 5 rings (SSSR count). The third-order valence-electron chi connectivity index (χ3n) is 10.1. The van der Waals surface area contributed by atoms with Crippen LogP contribution >= 0.6 is 0 Å². The number of aliphatic hydroxyl groups excluding tert-OH is 1. The molecule has 1 amide bonds. The second-order valence-corrected chi connectivity index (χ2v) is 12.1. The minimum Gasteiger partial charge on any atom is -0.467 e. The topological polar surface area (TPSA) is 143 Å². The molecule has 3 fully saturated rings. The van der Waals surface area contributed by atoms with Gasteiger partial charge in [-0.15, -0.1) is 0 Å². The summed E-state index contributed by atoms with van der Waals surface area (Å²) in [5, 5.41) is 25.8. The van der Waals surface area contributed by atoms with Gasteiger partial charge in [-0.3, -0.25) is 19.2 Å². The van der Waals surface area contributed by atoms with Crippen LogP contribution in [0.4, 0.5) is 0 Å². The second-order valence-electron chi connectivity index (χ2n) is 12.1. The lowest BCUT2D eigenvalue weighted by molar-refractivity contribution is -0.181. The Labute approximate surface area is 227 Å². The molecule has 4 aliphatic rings. The normalized spacial score (nSPS) is 36.8. The van der Waals surface area contributed by atoms with Crippen LogP contribution in [0, 0.1) is 28.6 Å². The lowest BCUT2D eigenvalue weighted by Gasteiger charge is -2.59. The van der Waals surface area contributed by atoms with Gasteiger partial charge in [0.2, 0.25) is 11.7 Å². The van der Waals surface area contributed by atoms with E-state index in [9.17, 15) is 29.4 Å². The maximum absolute atomic E-state index is 13.3. The van der Waals surface area contributed by atoms with Gasteiger partial charge >= 0.3 is 5.97 Å². The number of Topliss-reactive ketones (excluding diaryl/α,β-unsaturated/α-hetero) is 1. The number of nitrogens with one attached hydrogen (secondary N) is 1. The lowest BCUT2D eigenvalue weighted by Crippen LogP contribution is -2.61. The second kappa shape index (κ2) is 10.2. The molecule has 210 valence electrons. The number of esters is 1. The Bertz CT molecular complexity index is 1220. The zero-order valence-electron chi connectivity index (χ0n) is 22.5. The Morgan fingerprint density at radius 3 is 2.74 bits per heavy atom. The Hall–Kier alpha value is -3.04. The number of ether oxygens (including phenoxy) is 1. The summed E-state index contributed by atoms with van der Waals surface area (Å²) in [6, 6.07) is 3.44. The number of carbonyl (C=O) groups excluding carboxylic acids is 4. The highest BCUT2D eigenvalue weighted by Gasteiger charge is 2.68. The van der Waals surface area contributed by atoms with E-state index < -0.39 is 40.9 Å². The number of allylic oxidation sites excluding steroid dienone is 4. The number of ketones is 2. The Morgan fingerprint density at radius 2 is 2.00 bits per heavy atom. The third-order valence-corrected chi connectivity index (χ3v) is 10.1. The number of aliphatic hydroxyl groups is 2. The first-order valence-corrected chi connectivity index (χ1v) is 13.8. The van der Waals surface area contributed by atoms with Gasteiger partial charge in [0.1, 0.15) is 11.4 Å². The number of rotatable bonds is 8. The minimum atomic E-state index is -1.72. The number of hydrogen-bond acceptors (Lipinski definition) is 8. The molecule has 9 nitrogen and oxygen atoms in total. The first-order chi connectivity index (χ1) is 18.5. The summed E-state index contributed by atoms with van der Waals surface area (Å²) >= 11 is 0. The maximum Gasteiger partial charge on any atom is 0.306 e. The zero-order valence-corrected chi connectivity index (χ0v) is 22.5. The SMILES string of the molecule is C[C@]12C=CC(=O)C=C1CC[C@@H]1[C@@H]2[C@@H](O)C[C@@]2(C)[C@H]1CC[C@]2(O)C(=O)COC(=O)CCC(=O)NCc1ccco1. The molecule has 0 unspecified atom stereocenters. The van der Waals surface area contributed by atoms with Crippen LogP contribution in [0.25, 0.3) is 0 Å². The zero-order chi connectivity index (χ0) is 28.0. The molecule has 0 bridgehead atoms. The molecule has 0 spiro atoms. The standard InChI is InChI=1S/C30H37NO8/c1-28-11-9-19(32)14-18(28)5-6-21-22-10-12-30(37,29(22,2)15-23(33)27(21)28)24(34)17-39-26(36)8-7-25(35)31-16-20-4-3-13-38-20/h3-4,9,11,13-14,21-23,27,33,37H,5-8,10,12,15-17H2,1-2H3,(H,31,35)/t21-,22-,23-,27+,28-,29-,30-/m0/s1. The van der Waals surface area contributed by atoms with E-state index in [1.807, 2.05) is 13.0 Å². The number of furan rings is 1. The van der Waals surface area contributed by atoms with Crippen LogP contribution in [-0.2, 0) is 30.5 Å². The molecular weight excluding hydrogens is 502 g/mol. The first kappa shape index (κ1) is 27.5. The molecule has 0 aromatic carbocycles. The summed E-state index contributed by atoms with van der Waals surface area (Å²) in [5.41, 5.74) is -1.97. The van der Waals surface area contributed by atoms with Crippen LogP contribution in [0.3, 0.4) is 0 Å². The smallest absolute Gasteiger partial charge is 0.306 e. The van der Waals surface area contributed by atoms with Crippen molar-refractivity contribution >= 4 is 23.4 Å². The van der Waals surface area contributed by atoms with E-state index in [1.54, 1.807) is 24.3 Å². The highest BCUT2D eigenvalue weighted by Crippen LogP contribution is 2.67. The summed E-state index contributed by atoms with van der Waals surface area (Å²) in [6.07, 6.45) is 8.30. The molecule has 7 atom stereocenters. The van der Waals surface area contributed by atoms with Crippen molar-refractivity contribution in [2.75, 3.05) is 6.61 Å². The minimum absolute atomic E-state index is 0.0119. The van der Waals surface area contributed by atoms with Gasteiger partial charge in [-0.25, -0.2) is 0 Å². The van der Waals surface area contributed by atoms with Crippen molar-refractivity contribution in [1.29, 1.82) is 0 Å². The molecule has 0 saturated heterocycles. The lowest BCUT2D eigenvalue weighted by atomic mass is 9.46. The van der Waals surface area contributed by atoms with E-state index in [2.05, 4.69) is 12.2 Å². The average molecular weight is 540 g/mol. The van der Waals surface area contributed by atoms with Crippen molar-refractivity contribution in [3.8, 4) is 0 Å². The summed E-state index contributed by atoms with van der Waals surface area (Å²) in [5.74, 6) is -1.05. The van der Waals surface area contributed by atoms with Crippen molar-refractivity contribution in [1.82, 2.24) is 5.32 Å². The van der Waals surface area contributed by atoms with E-state index in [-0.39, 0.29) is 61.7 Å². The highest BCUT2D eigenvalue weighted by atomic mass is 16.5. The van der Waals surface area contributed by atoms with Crippen LogP contribution in [0.1, 0.15) is 64.6 Å². The van der Waals surface area contributed by atoms with Gasteiger partial charge in [-0.1, -0.05) is 25.5 Å². The van der Waals surface area contributed by atoms with Crippen molar-refractivity contribution < 1.29 is 38.5 Å². The third kappa shape index (κ3) is 4.69. The van der Waals surface area contributed by atoms with E-state index >= 15 is 0 Å². The fourth-order valence-electron chi connectivity index (χ4n) is 8.03. The predicted octanol–water partition coefficient (Wildman–Crippen LogP) is 2.80. The van der Waals surface area contributed by atoms with Gasteiger partial charge in [-0.2, -0.15) is 0 Å². The highest BCUT2D eigenvalue weighted by molar-refractivity contribution is 6.01. The molecule has 4 aliphatic carbocycles. The Kier molecular flexibility index (Phi) is 7.18. The fraction of sp³-hybridized carbons (Fsp3) is 0.600. The molecule has 3 N–H and O–H groups in total. The maximum atomic E-state index is 13.3. The average Bonchev–Trinajstić information content (AvgIpc) is 3.51. The van der Waals surface area contributed by atoms with Crippen LogP contribution in [-0.4, -0.2) is 52.0 Å². The van der Waals surface area contributed by atoms with Crippen LogP contribution in [0.2, 0.25) is 0 Å². The van der Waals surface area contributed by atoms with Crippen LogP contribution in [0.5, 0.6) is 0 Å². The summed E-state index contributed by atoms with van der Waals surface area (Å²) in [7, 11) is 0. The molecule has 9 heteroatoms. The first-order valence-electron chi connectivity index (χ1n) is 13.8. The Morgan fingerprint density at radius 1 is 1.21 bits per heavy atom. The van der Waals surface area contributed by atoms with Gasteiger partial charge < -0.3 is 24.7 Å². The molecule has 1 aromatic rings. The summed E-state index contributed by atoms with van der Waals surface area (Å²) in [6.45, 7) is 3.59. The van der Waals surface area contributed by atoms with Gasteiger partial charge in [0.15, 0.2) is 12.4 Å². The van der Waals surface area contributed by atoms with Crippen molar-refractivity contribution in [3.63, 3.8) is 0 Å². The van der Waals surface area contributed by atoms with Gasteiger partial charge in [0, 0.05) is 23.2 Å². The van der Waals surface area contributed by atoms with E-state index in [4.69, 9.17) is 9.15 Å². The fourth-order valence-corrected chi connectivity index (χ4v) is 8.03. The van der Waals surface area contributed by atoms with Crippen molar-refractivity contribution in [2.24, 2.45) is 28.6 Å². The number of fused-ring (bicyclic) bond motifs is 5. The van der Waals surface area contributed by atoms with Crippen LogP contribution < -0.4 is 5.32 Å². The molecule has 1 heterocycles.